The number of hydrogen-bond acceptors (Lipinski definition) is 3. The molecule has 1 aromatic rings. The van der Waals surface area contributed by atoms with Gasteiger partial charge in [-0.1, -0.05) is 34.8 Å². The molecule has 3 rings (SSSR count). The molecule has 0 amide bonds. The van der Waals surface area contributed by atoms with Gasteiger partial charge in [0.05, 0.1) is 5.60 Å². The lowest BCUT2D eigenvalue weighted by molar-refractivity contribution is -0.0612. The Morgan fingerprint density at radius 3 is 3.00 bits per heavy atom. The van der Waals surface area contributed by atoms with Gasteiger partial charge in [-0.2, -0.15) is 0 Å². The predicted molar refractivity (Wildman–Crippen MR) is 90.6 cm³/mol. The molecule has 1 aliphatic carbocycles. The number of hydrogen-bond donors (Lipinski definition) is 2. The number of nitrogens with one attached hydrogen (secondary N) is 1. The van der Waals surface area contributed by atoms with Crippen LogP contribution < -0.4 is 10.2 Å². The summed E-state index contributed by atoms with van der Waals surface area (Å²) in [7, 11) is 1.97. The van der Waals surface area contributed by atoms with Crippen molar-refractivity contribution in [1.82, 2.24) is 5.32 Å². The number of rotatable bonds is 3. The van der Waals surface area contributed by atoms with Crippen LogP contribution in [0.3, 0.4) is 0 Å². The third-order valence-electron chi connectivity index (χ3n) is 5.20. The van der Waals surface area contributed by atoms with E-state index in [-0.39, 0.29) is 0 Å². The van der Waals surface area contributed by atoms with E-state index in [0.717, 1.165) is 32.5 Å². The van der Waals surface area contributed by atoms with E-state index in [9.17, 15) is 5.11 Å². The van der Waals surface area contributed by atoms with Gasteiger partial charge in [-0.25, -0.2) is 0 Å². The van der Waals surface area contributed by atoms with Gasteiger partial charge in [0.15, 0.2) is 0 Å². The van der Waals surface area contributed by atoms with Gasteiger partial charge in [0, 0.05) is 35.7 Å². The highest BCUT2D eigenvalue weighted by atomic mass is 79.9. The summed E-state index contributed by atoms with van der Waals surface area (Å²) in [5, 5.41) is 14.0. The van der Waals surface area contributed by atoms with Gasteiger partial charge in [0.2, 0.25) is 0 Å². The second-order valence-corrected chi connectivity index (χ2v) is 7.40. The minimum atomic E-state index is -0.391. The molecule has 1 aromatic carbocycles. The Kier molecular flexibility index (Phi) is 4.57. The van der Waals surface area contributed by atoms with Crippen LogP contribution in [-0.2, 0) is 6.54 Å². The summed E-state index contributed by atoms with van der Waals surface area (Å²) in [5.74, 6) is 0.441. The Morgan fingerprint density at radius 2 is 2.24 bits per heavy atom. The third-order valence-corrected chi connectivity index (χ3v) is 5.93. The Labute approximate surface area is 135 Å². The molecule has 0 spiro atoms. The van der Waals surface area contributed by atoms with E-state index in [1.807, 2.05) is 7.05 Å². The van der Waals surface area contributed by atoms with Crippen molar-refractivity contribution in [3.8, 4) is 0 Å². The molecule has 1 heterocycles. The van der Waals surface area contributed by atoms with E-state index in [2.05, 4.69) is 44.3 Å². The monoisotopic (exact) mass is 352 g/mol. The van der Waals surface area contributed by atoms with Gasteiger partial charge in [-0.15, -0.1) is 0 Å². The number of fused-ring (bicyclic) bond motifs is 1. The van der Waals surface area contributed by atoms with Crippen molar-refractivity contribution in [2.24, 2.45) is 5.92 Å². The molecule has 1 aliphatic heterocycles. The highest BCUT2D eigenvalue weighted by molar-refractivity contribution is 9.10. The smallest absolute Gasteiger partial charge is 0.0709 e. The van der Waals surface area contributed by atoms with Crippen LogP contribution >= 0.6 is 15.9 Å². The third kappa shape index (κ3) is 3.13. The normalized spacial score (nSPS) is 29.3. The van der Waals surface area contributed by atoms with Gasteiger partial charge in [0.1, 0.15) is 0 Å². The van der Waals surface area contributed by atoms with E-state index in [0.29, 0.717) is 5.92 Å². The Balaban J connectivity index is 1.74. The van der Waals surface area contributed by atoms with Crippen LogP contribution in [0.4, 0.5) is 5.69 Å². The molecule has 0 bridgehead atoms. The average Bonchev–Trinajstić information content (AvgIpc) is 2.48. The van der Waals surface area contributed by atoms with E-state index >= 15 is 0 Å². The number of halogens is 1. The van der Waals surface area contributed by atoms with Crippen molar-refractivity contribution in [3.05, 3.63) is 28.2 Å². The first kappa shape index (κ1) is 15.3. The number of benzene rings is 1. The highest BCUT2D eigenvalue weighted by Gasteiger charge is 2.42. The summed E-state index contributed by atoms with van der Waals surface area (Å²) >= 11 is 3.68. The lowest BCUT2D eigenvalue weighted by atomic mass is 9.71. The standard InChI is InChI=1S/C17H25BrN2O/c1-19-11-13-5-6-15(10-16(13)18)20-9-8-17(21)7-3-2-4-14(17)12-20/h5-6,10,14,19,21H,2-4,7-9,11-12H2,1H3. The van der Waals surface area contributed by atoms with Gasteiger partial charge < -0.3 is 15.3 Å². The molecule has 21 heavy (non-hydrogen) atoms. The maximum Gasteiger partial charge on any atom is 0.0709 e. The first-order chi connectivity index (χ1) is 10.1. The number of nitrogens with zero attached hydrogens (tertiary/aromatic N) is 1. The van der Waals surface area contributed by atoms with Crippen molar-refractivity contribution < 1.29 is 5.11 Å². The first-order valence-electron chi connectivity index (χ1n) is 8.03. The summed E-state index contributed by atoms with van der Waals surface area (Å²) < 4.78 is 1.17. The fourth-order valence-corrected chi connectivity index (χ4v) is 4.38. The van der Waals surface area contributed by atoms with Crippen LogP contribution in [0.5, 0.6) is 0 Å². The molecule has 4 heteroatoms. The zero-order chi connectivity index (χ0) is 14.9. The maximum absolute atomic E-state index is 10.8. The van der Waals surface area contributed by atoms with Crippen molar-refractivity contribution in [2.45, 2.75) is 44.2 Å². The fraction of sp³-hybridized carbons (Fsp3) is 0.647. The van der Waals surface area contributed by atoms with E-state index in [4.69, 9.17) is 0 Å². The Hall–Kier alpha value is -0.580. The number of piperidine rings is 1. The van der Waals surface area contributed by atoms with Crippen molar-refractivity contribution in [2.75, 3.05) is 25.0 Å². The zero-order valence-electron chi connectivity index (χ0n) is 12.7. The molecule has 0 aromatic heterocycles. The number of anilines is 1. The number of aliphatic hydroxyl groups is 1. The van der Waals surface area contributed by atoms with E-state index in [1.54, 1.807) is 0 Å². The SMILES string of the molecule is CNCc1ccc(N2CCC3(O)CCCCC3C2)cc1Br. The summed E-state index contributed by atoms with van der Waals surface area (Å²) in [6.07, 6.45) is 5.54. The van der Waals surface area contributed by atoms with Gasteiger partial charge in [-0.3, -0.25) is 0 Å². The zero-order valence-corrected chi connectivity index (χ0v) is 14.3. The molecule has 3 nitrogen and oxygen atoms in total. The molecule has 2 atom stereocenters. The molecule has 2 fully saturated rings. The highest BCUT2D eigenvalue weighted by Crippen LogP contribution is 2.41. The quantitative estimate of drug-likeness (QED) is 0.875. The Bertz CT molecular complexity index is 508. The molecule has 2 N–H and O–H groups in total. The van der Waals surface area contributed by atoms with Crippen molar-refractivity contribution in [1.29, 1.82) is 0 Å². The minimum Gasteiger partial charge on any atom is -0.389 e. The Morgan fingerprint density at radius 1 is 1.38 bits per heavy atom. The molecule has 2 aliphatic rings. The van der Waals surface area contributed by atoms with Gasteiger partial charge in [-0.05, 0) is 44.0 Å². The van der Waals surface area contributed by atoms with Crippen LogP contribution in [0.15, 0.2) is 22.7 Å². The van der Waals surface area contributed by atoms with Crippen LogP contribution in [0.25, 0.3) is 0 Å². The van der Waals surface area contributed by atoms with Crippen LogP contribution in [0, 0.1) is 5.92 Å². The van der Waals surface area contributed by atoms with Gasteiger partial charge >= 0.3 is 0 Å². The van der Waals surface area contributed by atoms with Gasteiger partial charge in [0.25, 0.3) is 0 Å². The topological polar surface area (TPSA) is 35.5 Å². The molecule has 1 saturated heterocycles. The van der Waals surface area contributed by atoms with E-state index < -0.39 is 5.60 Å². The van der Waals surface area contributed by atoms with Crippen molar-refractivity contribution in [3.63, 3.8) is 0 Å². The molecule has 0 radical (unpaired) electrons. The fourth-order valence-electron chi connectivity index (χ4n) is 3.87. The van der Waals surface area contributed by atoms with Crippen LogP contribution in [-0.4, -0.2) is 30.8 Å². The average molecular weight is 353 g/mol. The van der Waals surface area contributed by atoms with E-state index in [1.165, 1.54) is 35.0 Å². The lowest BCUT2D eigenvalue weighted by Gasteiger charge is -2.48. The maximum atomic E-state index is 10.8. The summed E-state index contributed by atoms with van der Waals surface area (Å²) in [4.78, 5) is 2.44. The minimum absolute atomic E-state index is 0.391. The molecular formula is C17H25BrN2O. The largest absolute Gasteiger partial charge is 0.389 e. The second-order valence-electron chi connectivity index (χ2n) is 6.55. The van der Waals surface area contributed by atoms with Crippen molar-refractivity contribution >= 4 is 21.6 Å². The molecular weight excluding hydrogens is 328 g/mol. The summed E-state index contributed by atoms with van der Waals surface area (Å²) in [5.41, 5.74) is 2.17. The molecule has 1 saturated carbocycles. The predicted octanol–water partition coefficient (Wildman–Crippen LogP) is 3.30. The first-order valence-corrected chi connectivity index (χ1v) is 8.82. The van der Waals surface area contributed by atoms with Crippen LogP contribution in [0.1, 0.15) is 37.7 Å². The van der Waals surface area contributed by atoms with Crippen LogP contribution in [0.2, 0.25) is 0 Å². The lowest BCUT2D eigenvalue weighted by Crippen LogP contribution is -2.53. The molecule has 116 valence electrons. The second kappa shape index (κ2) is 6.27. The molecule has 2 unspecified atom stereocenters. The summed E-state index contributed by atoms with van der Waals surface area (Å²) in [6, 6.07) is 6.63. The summed E-state index contributed by atoms with van der Waals surface area (Å²) in [6.45, 7) is 2.84.